The second kappa shape index (κ2) is 7.26. The standard InChI is InChI=1S/C18H28N2S/c1-18(2,3)15-9-11-16(12-10-15)20-17(21)19-13-14-7-5-4-6-8-14/h4-8,15-16H,9-13H2,1-3H3,(H2,19,20,21). The summed E-state index contributed by atoms with van der Waals surface area (Å²) in [5.41, 5.74) is 1.70. The van der Waals surface area contributed by atoms with Crippen LogP contribution in [0.1, 0.15) is 52.0 Å². The fourth-order valence-electron chi connectivity index (χ4n) is 3.12. The first-order valence-corrected chi connectivity index (χ1v) is 8.44. The lowest BCUT2D eigenvalue weighted by Gasteiger charge is -2.37. The average molecular weight is 305 g/mol. The van der Waals surface area contributed by atoms with Crippen LogP contribution in [0.2, 0.25) is 0 Å². The van der Waals surface area contributed by atoms with Crippen molar-refractivity contribution in [1.29, 1.82) is 0 Å². The maximum atomic E-state index is 5.41. The predicted molar refractivity (Wildman–Crippen MR) is 94.2 cm³/mol. The van der Waals surface area contributed by atoms with E-state index in [1.807, 2.05) is 6.07 Å². The van der Waals surface area contributed by atoms with Gasteiger partial charge in [-0.3, -0.25) is 0 Å². The van der Waals surface area contributed by atoms with Crippen molar-refractivity contribution in [2.24, 2.45) is 11.3 Å². The largest absolute Gasteiger partial charge is 0.360 e. The number of thiocarbonyl (C=S) groups is 1. The SMILES string of the molecule is CC(C)(C)C1CCC(NC(=S)NCc2ccccc2)CC1. The van der Waals surface area contributed by atoms with Crippen molar-refractivity contribution < 1.29 is 0 Å². The smallest absolute Gasteiger partial charge is 0.166 e. The quantitative estimate of drug-likeness (QED) is 0.816. The third kappa shape index (κ3) is 5.31. The monoisotopic (exact) mass is 304 g/mol. The summed E-state index contributed by atoms with van der Waals surface area (Å²) in [4.78, 5) is 0. The molecular weight excluding hydrogens is 276 g/mol. The summed E-state index contributed by atoms with van der Waals surface area (Å²) in [6, 6.07) is 10.9. The lowest BCUT2D eigenvalue weighted by atomic mass is 9.71. The molecule has 0 radical (unpaired) electrons. The van der Waals surface area contributed by atoms with Crippen molar-refractivity contribution >= 4 is 17.3 Å². The van der Waals surface area contributed by atoms with Crippen molar-refractivity contribution in [2.75, 3.05) is 0 Å². The van der Waals surface area contributed by atoms with Gasteiger partial charge in [-0.25, -0.2) is 0 Å². The van der Waals surface area contributed by atoms with E-state index in [4.69, 9.17) is 12.2 Å². The molecule has 0 amide bonds. The minimum atomic E-state index is 0.442. The summed E-state index contributed by atoms with van der Waals surface area (Å²) < 4.78 is 0. The summed E-state index contributed by atoms with van der Waals surface area (Å²) in [5, 5.41) is 7.58. The van der Waals surface area contributed by atoms with Crippen LogP contribution in [0, 0.1) is 11.3 Å². The van der Waals surface area contributed by atoms with Gasteiger partial charge >= 0.3 is 0 Å². The Kier molecular flexibility index (Phi) is 5.63. The zero-order valence-electron chi connectivity index (χ0n) is 13.5. The Balaban J connectivity index is 1.70. The predicted octanol–water partition coefficient (Wildman–Crippen LogP) is 4.26. The highest BCUT2D eigenvalue weighted by atomic mass is 32.1. The molecule has 1 aliphatic rings. The molecule has 0 bridgehead atoms. The van der Waals surface area contributed by atoms with Gasteiger partial charge in [-0.2, -0.15) is 0 Å². The highest BCUT2D eigenvalue weighted by Gasteiger charge is 2.29. The molecule has 2 nitrogen and oxygen atoms in total. The van der Waals surface area contributed by atoms with Gasteiger partial charge in [0.1, 0.15) is 0 Å². The summed E-state index contributed by atoms with van der Waals surface area (Å²) in [5.74, 6) is 0.849. The fraction of sp³-hybridized carbons (Fsp3) is 0.611. The molecule has 1 fully saturated rings. The molecule has 3 heteroatoms. The molecule has 21 heavy (non-hydrogen) atoms. The number of benzene rings is 1. The van der Waals surface area contributed by atoms with Gasteiger partial charge in [-0.1, -0.05) is 51.1 Å². The number of hydrogen-bond donors (Lipinski definition) is 2. The molecule has 1 aromatic carbocycles. The maximum Gasteiger partial charge on any atom is 0.166 e. The van der Waals surface area contributed by atoms with E-state index in [9.17, 15) is 0 Å². The van der Waals surface area contributed by atoms with Gasteiger partial charge in [0.2, 0.25) is 0 Å². The van der Waals surface area contributed by atoms with Gasteiger partial charge in [-0.15, -0.1) is 0 Å². The van der Waals surface area contributed by atoms with Crippen molar-refractivity contribution in [3.8, 4) is 0 Å². The van der Waals surface area contributed by atoms with E-state index >= 15 is 0 Å². The Morgan fingerprint density at radius 1 is 1.10 bits per heavy atom. The van der Waals surface area contributed by atoms with Crippen LogP contribution in [0.25, 0.3) is 0 Å². The molecule has 0 atom stereocenters. The summed E-state index contributed by atoms with van der Waals surface area (Å²) in [6.45, 7) is 7.87. The first-order chi connectivity index (χ1) is 9.95. The van der Waals surface area contributed by atoms with Gasteiger partial charge in [0.25, 0.3) is 0 Å². The second-order valence-corrected chi connectivity index (χ2v) is 7.64. The van der Waals surface area contributed by atoms with Gasteiger partial charge in [0, 0.05) is 12.6 Å². The molecule has 0 aromatic heterocycles. The molecule has 0 heterocycles. The highest BCUT2D eigenvalue weighted by molar-refractivity contribution is 7.80. The molecule has 1 saturated carbocycles. The minimum Gasteiger partial charge on any atom is -0.360 e. The molecule has 0 aliphatic heterocycles. The van der Waals surface area contributed by atoms with Gasteiger partial charge in [0.15, 0.2) is 5.11 Å². The van der Waals surface area contributed by atoms with E-state index in [1.54, 1.807) is 0 Å². The third-order valence-corrected chi connectivity index (χ3v) is 4.85. The van der Waals surface area contributed by atoms with Crippen molar-refractivity contribution in [3.63, 3.8) is 0 Å². The molecule has 2 rings (SSSR count). The van der Waals surface area contributed by atoms with Crippen LogP contribution in [0.15, 0.2) is 30.3 Å². The molecular formula is C18H28N2S. The van der Waals surface area contributed by atoms with Crippen molar-refractivity contribution in [2.45, 2.75) is 59.0 Å². The average Bonchev–Trinajstić information content (AvgIpc) is 2.46. The van der Waals surface area contributed by atoms with E-state index in [-0.39, 0.29) is 0 Å². The first-order valence-electron chi connectivity index (χ1n) is 8.03. The number of rotatable bonds is 3. The van der Waals surface area contributed by atoms with Gasteiger partial charge in [0.05, 0.1) is 0 Å². The zero-order chi connectivity index (χ0) is 15.3. The third-order valence-electron chi connectivity index (χ3n) is 4.58. The van der Waals surface area contributed by atoms with Crippen LogP contribution in [-0.4, -0.2) is 11.2 Å². The molecule has 1 aliphatic carbocycles. The van der Waals surface area contributed by atoms with Crippen LogP contribution < -0.4 is 10.6 Å². The first kappa shape index (κ1) is 16.3. The molecule has 0 saturated heterocycles. The maximum absolute atomic E-state index is 5.41. The molecule has 0 unspecified atom stereocenters. The van der Waals surface area contributed by atoms with Gasteiger partial charge < -0.3 is 10.6 Å². The van der Waals surface area contributed by atoms with Gasteiger partial charge in [-0.05, 0) is 54.8 Å². The molecule has 0 spiro atoms. The van der Waals surface area contributed by atoms with Crippen LogP contribution in [-0.2, 0) is 6.54 Å². The Hall–Kier alpha value is -1.09. The lowest BCUT2D eigenvalue weighted by Crippen LogP contribution is -2.44. The number of nitrogens with one attached hydrogen (secondary N) is 2. The zero-order valence-corrected chi connectivity index (χ0v) is 14.3. The lowest BCUT2D eigenvalue weighted by molar-refractivity contribution is 0.165. The summed E-state index contributed by atoms with van der Waals surface area (Å²) >= 11 is 5.41. The van der Waals surface area contributed by atoms with E-state index in [0.29, 0.717) is 11.5 Å². The molecule has 116 valence electrons. The topological polar surface area (TPSA) is 24.1 Å². The van der Waals surface area contributed by atoms with E-state index < -0.39 is 0 Å². The van der Waals surface area contributed by atoms with E-state index in [0.717, 1.165) is 17.6 Å². The van der Waals surface area contributed by atoms with Crippen molar-refractivity contribution in [1.82, 2.24) is 10.6 Å². The van der Waals surface area contributed by atoms with Crippen LogP contribution >= 0.6 is 12.2 Å². The van der Waals surface area contributed by atoms with Crippen LogP contribution in [0.3, 0.4) is 0 Å². The summed E-state index contributed by atoms with van der Waals surface area (Å²) in [6.07, 6.45) is 5.08. The molecule has 2 N–H and O–H groups in total. The molecule has 1 aromatic rings. The Morgan fingerprint density at radius 2 is 1.71 bits per heavy atom. The van der Waals surface area contributed by atoms with Crippen LogP contribution in [0.4, 0.5) is 0 Å². The Labute approximate surface area is 134 Å². The highest BCUT2D eigenvalue weighted by Crippen LogP contribution is 2.37. The van der Waals surface area contributed by atoms with E-state index in [2.05, 4.69) is 55.7 Å². The van der Waals surface area contributed by atoms with Crippen LogP contribution in [0.5, 0.6) is 0 Å². The number of hydrogen-bond acceptors (Lipinski definition) is 1. The minimum absolute atomic E-state index is 0.442. The normalized spacial score (nSPS) is 22.6. The Bertz CT molecular complexity index is 442. The fourth-order valence-corrected chi connectivity index (χ4v) is 3.36. The van der Waals surface area contributed by atoms with E-state index in [1.165, 1.54) is 31.2 Å². The Morgan fingerprint density at radius 3 is 2.29 bits per heavy atom. The summed E-state index contributed by atoms with van der Waals surface area (Å²) in [7, 11) is 0. The second-order valence-electron chi connectivity index (χ2n) is 7.23. The van der Waals surface area contributed by atoms with Crippen molar-refractivity contribution in [3.05, 3.63) is 35.9 Å².